The maximum Gasteiger partial charge on any atom is 0.431 e. The van der Waals surface area contributed by atoms with Gasteiger partial charge in [0.2, 0.25) is 0 Å². The number of hydrogen-bond donors (Lipinski definition) is 1. The van der Waals surface area contributed by atoms with Crippen LogP contribution in [0.15, 0.2) is 30.3 Å². The molecule has 14 heteroatoms. The van der Waals surface area contributed by atoms with E-state index in [0.717, 1.165) is 0 Å². The average Bonchev–Trinajstić information content (AvgIpc) is 3.42. The number of hydrogen-bond acceptors (Lipinski definition) is 8. The van der Waals surface area contributed by atoms with E-state index in [1.165, 1.54) is 0 Å². The molecule has 3 aliphatic rings. The SMILES string of the molecule is O=C(OC1C2CC3C1OC(=O)C3C2C(=O)OCCCCC(F)(F)C(F)(F)S(=O)(=O)O)c1ccccc1. The Labute approximate surface area is 202 Å². The van der Waals surface area contributed by atoms with E-state index >= 15 is 0 Å². The minimum absolute atomic E-state index is 0.275. The highest BCUT2D eigenvalue weighted by Crippen LogP contribution is 2.59. The molecule has 9 nitrogen and oxygen atoms in total. The van der Waals surface area contributed by atoms with Crippen molar-refractivity contribution in [1.82, 2.24) is 0 Å². The molecule has 2 saturated carbocycles. The molecule has 6 atom stereocenters. The molecular weight excluding hydrogens is 516 g/mol. The van der Waals surface area contributed by atoms with Gasteiger partial charge in [-0.05, 0) is 31.4 Å². The Kier molecular flexibility index (Phi) is 6.79. The Morgan fingerprint density at radius 2 is 1.75 bits per heavy atom. The van der Waals surface area contributed by atoms with Gasteiger partial charge in [0.15, 0.2) is 0 Å². The third-order valence-corrected chi connectivity index (χ3v) is 7.90. The van der Waals surface area contributed by atoms with Crippen molar-refractivity contribution in [2.75, 3.05) is 6.61 Å². The van der Waals surface area contributed by atoms with Crippen molar-refractivity contribution in [3.05, 3.63) is 35.9 Å². The molecule has 198 valence electrons. The van der Waals surface area contributed by atoms with Gasteiger partial charge in [0.05, 0.1) is 24.0 Å². The normalized spacial score (nSPS) is 29.2. The molecule has 1 heterocycles. The highest BCUT2D eigenvalue weighted by Gasteiger charge is 2.70. The van der Waals surface area contributed by atoms with E-state index in [1.807, 2.05) is 0 Å². The summed E-state index contributed by atoms with van der Waals surface area (Å²) in [6.45, 7) is -0.458. The molecule has 2 aliphatic carbocycles. The summed E-state index contributed by atoms with van der Waals surface area (Å²) in [6, 6.07) is 8.08. The van der Waals surface area contributed by atoms with Crippen LogP contribution >= 0.6 is 0 Å². The first-order valence-electron chi connectivity index (χ1n) is 11.1. The fourth-order valence-corrected chi connectivity index (χ4v) is 5.77. The van der Waals surface area contributed by atoms with Crippen molar-refractivity contribution in [1.29, 1.82) is 0 Å². The van der Waals surface area contributed by atoms with Gasteiger partial charge in [-0.2, -0.15) is 26.0 Å². The predicted molar refractivity (Wildman–Crippen MR) is 110 cm³/mol. The van der Waals surface area contributed by atoms with Crippen LogP contribution < -0.4 is 0 Å². The molecule has 3 fully saturated rings. The van der Waals surface area contributed by atoms with Gasteiger partial charge in [-0.3, -0.25) is 14.1 Å². The van der Waals surface area contributed by atoms with E-state index in [4.69, 9.17) is 18.8 Å². The standard InChI is InChI=1S/C22H22F4O9S/c23-21(24,22(25,26)36(30,31)32)8-4-5-9-33-19(28)14-12-10-13-15(14)20(29)35-17(13)16(12)34-18(27)11-6-2-1-3-7-11/h1-3,6-7,12-17H,4-5,8-10H2,(H,30,31,32). The van der Waals surface area contributed by atoms with Crippen LogP contribution in [0.3, 0.4) is 0 Å². The Hall–Kier alpha value is -2.74. The minimum Gasteiger partial charge on any atom is -0.465 e. The molecular formula is C22H22F4O9S. The minimum atomic E-state index is -6.32. The molecule has 0 spiro atoms. The van der Waals surface area contributed by atoms with Gasteiger partial charge in [0.1, 0.15) is 12.2 Å². The number of rotatable bonds is 10. The summed E-state index contributed by atoms with van der Waals surface area (Å²) in [5.74, 6) is -9.84. The van der Waals surface area contributed by atoms with Crippen LogP contribution in [0.25, 0.3) is 0 Å². The molecule has 4 rings (SSSR count). The third kappa shape index (κ3) is 4.44. The number of alkyl halides is 4. The topological polar surface area (TPSA) is 133 Å². The molecule has 36 heavy (non-hydrogen) atoms. The number of esters is 3. The van der Waals surface area contributed by atoms with Crippen LogP contribution in [0.4, 0.5) is 17.6 Å². The van der Waals surface area contributed by atoms with E-state index in [-0.39, 0.29) is 17.9 Å². The van der Waals surface area contributed by atoms with E-state index in [0.29, 0.717) is 6.42 Å². The van der Waals surface area contributed by atoms with Crippen molar-refractivity contribution >= 4 is 28.0 Å². The zero-order valence-electron chi connectivity index (χ0n) is 18.5. The zero-order valence-corrected chi connectivity index (χ0v) is 19.3. The van der Waals surface area contributed by atoms with Crippen LogP contribution in [0.5, 0.6) is 0 Å². The lowest BCUT2D eigenvalue weighted by Gasteiger charge is -2.30. The summed E-state index contributed by atoms with van der Waals surface area (Å²) >= 11 is 0. The molecule has 1 N–H and O–H groups in total. The van der Waals surface area contributed by atoms with Gasteiger partial charge in [-0.15, -0.1) is 0 Å². The molecule has 6 unspecified atom stereocenters. The molecule has 0 amide bonds. The number of benzene rings is 1. The quantitative estimate of drug-likeness (QED) is 0.157. The van der Waals surface area contributed by atoms with Crippen molar-refractivity contribution < 1.29 is 59.1 Å². The smallest absolute Gasteiger partial charge is 0.431 e. The monoisotopic (exact) mass is 538 g/mol. The van der Waals surface area contributed by atoms with Crippen molar-refractivity contribution in [3.8, 4) is 0 Å². The highest BCUT2D eigenvalue weighted by molar-refractivity contribution is 7.87. The third-order valence-electron chi connectivity index (χ3n) is 6.95. The summed E-state index contributed by atoms with van der Waals surface area (Å²) in [5.41, 5.74) is 0.275. The van der Waals surface area contributed by atoms with E-state index in [9.17, 15) is 40.4 Å². The van der Waals surface area contributed by atoms with Gasteiger partial charge < -0.3 is 14.2 Å². The lowest BCUT2D eigenvalue weighted by Crippen LogP contribution is -2.46. The number of carbonyl (C=O) groups is 3. The number of halogens is 4. The van der Waals surface area contributed by atoms with Gasteiger partial charge in [0.25, 0.3) is 0 Å². The second-order valence-corrected chi connectivity index (χ2v) is 10.5. The van der Waals surface area contributed by atoms with E-state index < -0.39 is 88.6 Å². The zero-order chi connectivity index (χ0) is 26.5. The molecule has 2 bridgehead atoms. The first-order valence-corrected chi connectivity index (χ1v) is 12.6. The number of carbonyl (C=O) groups excluding carboxylic acids is 3. The fourth-order valence-electron chi connectivity index (χ4n) is 5.29. The van der Waals surface area contributed by atoms with Gasteiger partial charge >= 0.3 is 39.2 Å². The lowest BCUT2D eigenvalue weighted by molar-refractivity contribution is -0.165. The number of unbranched alkanes of at least 4 members (excludes halogenated alkanes) is 1. The predicted octanol–water partition coefficient (Wildman–Crippen LogP) is 2.85. The summed E-state index contributed by atoms with van der Waals surface area (Å²) < 4.78 is 99.1. The lowest BCUT2D eigenvalue weighted by atomic mass is 9.78. The molecule has 0 radical (unpaired) electrons. The van der Waals surface area contributed by atoms with Crippen molar-refractivity contribution in [3.63, 3.8) is 0 Å². The fraction of sp³-hybridized carbons (Fsp3) is 0.591. The van der Waals surface area contributed by atoms with E-state index in [1.54, 1.807) is 30.3 Å². The largest absolute Gasteiger partial charge is 0.465 e. The Morgan fingerprint density at radius 1 is 1.08 bits per heavy atom. The van der Waals surface area contributed by atoms with E-state index in [2.05, 4.69) is 0 Å². The summed E-state index contributed by atoms with van der Waals surface area (Å²) in [7, 11) is -6.32. The Morgan fingerprint density at radius 3 is 2.39 bits per heavy atom. The van der Waals surface area contributed by atoms with Crippen molar-refractivity contribution in [2.24, 2.45) is 23.7 Å². The Balaban J connectivity index is 1.33. The summed E-state index contributed by atoms with van der Waals surface area (Å²) in [4.78, 5) is 37.7. The number of fused-ring (bicyclic) bond motifs is 1. The second-order valence-electron chi connectivity index (χ2n) is 9.07. The Bertz CT molecular complexity index is 1140. The van der Waals surface area contributed by atoms with Crippen LogP contribution in [-0.4, -0.2) is 60.9 Å². The van der Waals surface area contributed by atoms with Gasteiger partial charge in [0, 0.05) is 18.3 Å². The van der Waals surface area contributed by atoms with Crippen LogP contribution in [-0.2, 0) is 33.9 Å². The number of ether oxygens (including phenoxy) is 3. The average molecular weight is 538 g/mol. The molecule has 1 saturated heterocycles. The molecule has 1 aliphatic heterocycles. The van der Waals surface area contributed by atoms with Gasteiger partial charge in [-0.25, -0.2) is 4.79 Å². The highest BCUT2D eigenvalue weighted by atomic mass is 32.2. The molecule has 0 aromatic heterocycles. The summed E-state index contributed by atoms with van der Waals surface area (Å²) in [5, 5.41) is -5.66. The maximum absolute atomic E-state index is 13.6. The molecule has 1 aromatic carbocycles. The van der Waals surface area contributed by atoms with Crippen LogP contribution in [0.1, 0.15) is 36.0 Å². The summed E-state index contributed by atoms with van der Waals surface area (Å²) in [6.07, 6.45) is -3.72. The van der Waals surface area contributed by atoms with Crippen LogP contribution in [0.2, 0.25) is 0 Å². The second kappa shape index (κ2) is 9.29. The first kappa shape index (κ1) is 26.3. The van der Waals surface area contributed by atoms with Gasteiger partial charge in [-0.1, -0.05) is 18.2 Å². The maximum atomic E-state index is 13.6. The van der Waals surface area contributed by atoms with Crippen LogP contribution in [0, 0.1) is 23.7 Å². The van der Waals surface area contributed by atoms with Crippen molar-refractivity contribution in [2.45, 2.75) is 49.1 Å². The first-order chi connectivity index (χ1) is 16.8. The molecule has 1 aromatic rings.